The predicted molar refractivity (Wildman–Crippen MR) is 160 cm³/mol. The first-order valence-electron chi connectivity index (χ1n) is 14.7. The van der Waals surface area contributed by atoms with Crippen LogP contribution >= 0.6 is 0 Å². The zero-order chi connectivity index (χ0) is 29.5. The number of amides is 1. The first-order valence-corrected chi connectivity index (χ1v) is 14.7. The molecule has 2 aromatic carbocycles. The van der Waals surface area contributed by atoms with Crippen LogP contribution in [0.1, 0.15) is 56.0 Å². The lowest BCUT2D eigenvalue weighted by atomic mass is 10.0. The molecule has 0 saturated heterocycles. The van der Waals surface area contributed by atoms with Crippen molar-refractivity contribution >= 4 is 11.6 Å². The maximum atomic E-state index is 14.1. The van der Waals surface area contributed by atoms with Crippen molar-refractivity contribution in [2.75, 3.05) is 59.1 Å². The van der Waals surface area contributed by atoms with E-state index in [0.717, 1.165) is 48.6 Å². The number of aliphatic hydroxyl groups excluding tert-OH is 1. The molecule has 0 spiro atoms. The molecule has 0 fully saturated rings. The lowest BCUT2D eigenvalue weighted by molar-refractivity contribution is -0.0177. The summed E-state index contributed by atoms with van der Waals surface area (Å²) in [6, 6.07) is 11.5. The smallest absolute Gasteiger partial charge is 0.258 e. The van der Waals surface area contributed by atoms with Crippen molar-refractivity contribution in [2.45, 2.75) is 64.8 Å². The van der Waals surface area contributed by atoms with E-state index in [-0.39, 0.29) is 43.5 Å². The van der Waals surface area contributed by atoms with Gasteiger partial charge >= 0.3 is 0 Å². The molecule has 0 unspecified atom stereocenters. The number of carbonyl (C=O) groups excluding carboxylic acids is 1. The van der Waals surface area contributed by atoms with E-state index in [1.54, 1.807) is 4.90 Å². The molecule has 9 nitrogen and oxygen atoms in total. The molecule has 226 valence electrons. The number of carbonyl (C=O) groups is 1. The molecule has 1 amide bonds. The molecule has 4 atom stereocenters. The Kier molecular flexibility index (Phi) is 10.8. The lowest BCUT2D eigenvalue weighted by Gasteiger charge is -2.36. The van der Waals surface area contributed by atoms with Gasteiger partial charge in [-0.2, -0.15) is 0 Å². The molecular weight excluding hydrogens is 522 g/mol. The summed E-state index contributed by atoms with van der Waals surface area (Å²) < 4.78 is 23.8. The van der Waals surface area contributed by atoms with Gasteiger partial charge in [0.25, 0.3) is 5.91 Å². The summed E-state index contributed by atoms with van der Waals surface area (Å²) in [6.07, 6.45) is 2.64. The Morgan fingerprint density at radius 3 is 2.54 bits per heavy atom. The first kappa shape index (κ1) is 30.9. The van der Waals surface area contributed by atoms with Crippen molar-refractivity contribution < 1.29 is 28.8 Å². The van der Waals surface area contributed by atoms with Crippen LogP contribution < -0.4 is 19.1 Å². The molecule has 2 aromatic rings. The molecule has 0 radical (unpaired) electrons. The van der Waals surface area contributed by atoms with Gasteiger partial charge in [-0.15, -0.1) is 0 Å². The standard InChI is InChI=1S/C32H47N3O6/c1-22-17-35(23(2)20-36)32(37)27-16-26(33(4)5)11-13-28(27)41-24(3)9-7-8-14-38-31(22)19-34(6)18-25-10-12-29-30(15-25)40-21-39-29/h10-13,15-16,22-24,31,36H,7-9,14,17-21H2,1-6H3/t22-,23+,24+,31+/m1/s1. The van der Waals surface area contributed by atoms with E-state index < -0.39 is 0 Å². The summed E-state index contributed by atoms with van der Waals surface area (Å²) in [6.45, 7) is 8.71. The van der Waals surface area contributed by atoms with Crippen LogP contribution in [0.4, 0.5) is 5.69 Å². The minimum absolute atomic E-state index is 0.0235. The topological polar surface area (TPSA) is 83.9 Å². The fourth-order valence-corrected chi connectivity index (χ4v) is 5.37. The maximum Gasteiger partial charge on any atom is 0.258 e. The second kappa shape index (κ2) is 14.2. The number of hydrogen-bond acceptors (Lipinski definition) is 8. The maximum absolute atomic E-state index is 14.1. The second-order valence-corrected chi connectivity index (χ2v) is 11.8. The van der Waals surface area contributed by atoms with Gasteiger partial charge in [0.1, 0.15) is 5.75 Å². The number of anilines is 1. The highest BCUT2D eigenvalue weighted by atomic mass is 16.7. The van der Waals surface area contributed by atoms with E-state index in [1.807, 2.05) is 63.2 Å². The third-order valence-electron chi connectivity index (χ3n) is 7.93. The van der Waals surface area contributed by atoms with E-state index in [9.17, 15) is 9.90 Å². The van der Waals surface area contributed by atoms with Crippen molar-refractivity contribution in [3.63, 3.8) is 0 Å². The Morgan fingerprint density at radius 2 is 1.78 bits per heavy atom. The van der Waals surface area contributed by atoms with Gasteiger partial charge in [-0.1, -0.05) is 13.0 Å². The van der Waals surface area contributed by atoms with Crippen LogP contribution in [-0.4, -0.2) is 93.3 Å². The van der Waals surface area contributed by atoms with Gasteiger partial charge in [-0.25, -0.2) is 0 Å². The highest BCUT2D eigenvalue weighted by molar-refractivity contribution is 5.98. The van der Waals surface area contributed by atoms with Gasteiger partial charge < -0.3 is 33.9 Å². The number of benzene rings is 2. The van der Waals surface area contributed by atoms with Crippen molar-refractivity contribution in [1.82, 2.24) is 9.80 Å². The van der Waals surface area contributed by atoms with Gasteiger partial charge in [0.2, 0.25) is 6.79 Å². The molecule has 2 aliphatic rings. The van der Waals surface area contributed by atoms with Crippen LogP contribution in [0, 0.1) is 5.92 Å². The number of ether oxygens (including phenoxy) is 4. The van der Waals surface area contributed by atoms with Crippen LogP contribution in [0.3, 0.4) is 0 Å². The summed E-state index contributed by atoms with van der Waals surface area (Å²) in [7, 11) is 6.00. The number of rotatable bonds is 7. The van der Waals surface area contributed by atoms with Crippen molar-refractivity contribution in [2.24, 2.45) is 5.92 Å². The summed E-state index contributed by atoms with van der Waals surface area (Å²) >= 11 is 0. The lowest BCUT2D eigenvalue weighted by Crippen LogP contribution is -2.47. The Balaban J connectivity index is 1.57. The van der Waals surface area contributed by atoms with Crippen LogP contribution in [0.2, 0.25) is 0 Å². The molecule has 0 aliphatic carbocycles. The Bertz CT molecular complexity index is 1160. The number of likely N-dealkylation sites (N-methyl/N-ethyl adjacent to an activating group) is 1. The Labute approximate surface area is 244 Å². The van der Waals surface area contributed by atoms with E-state index in [0.29, 0.717) is 31.0 Å². The van der Waals surface area contributed by atoms with E-state index in [1.165, 1.54) is 0 Å². The van der Waals surface area contributed by atoms with E-state index in [2.05, 4.69) is 24.9 Å². The van der Waals surface area contributed by atoms with Gasteiger partial charge in [0.05, 0.1) is 30.4 Å². The summed E-state index contributed by atoms with van der Waals surface area (Å²) in [4.78, 5) is 20.1. The zero-order valence-corrected chi connectivity index (χ0v) is 25.5. The van der Waals surface area contributed by atoms with E-state index in [4.69, 9.17) is 18.9 Å². The van der Waals surface area contributed by atoms with Gasteiger partial charge in [0, 0.05) is 51.9 Å². The van der Waals surface area contributed by atoms with Crippen LogP contribution in [0.5, 0.6) is 17.2 Å². The van der Waals surface area contributed by atoms with Crippen molar-refractivity contribution in [3.05, 3.63) is 47.5 Å². The Morgan fingerprint density at radius 1 is 1.02 bits per heavy atom. The molecule has 4 rings (SSSR count). The molecule has 0 aromatic heterocycles. The Hall–Kier alpha value is -3.01. The van der Waals surface area contributed by atoms with Crippen LogP contribution in [0.25, 0.3) is 0 Å². The molecule has 9 heteroatoms. The number of fused-ring (bicyclic) bond motifs is 2. The molecule has 2 aliphatic heterocycles. The molecule has 2 heterocycles. The fourth-order valence-electron chi connectivity index (χ4n) is 5.37. The van der Waals surface area contributed by atoms with Crippen molar-refractivity contribution in [3.8, 4) is 17.2 Å². The van der Waals surface area contributed by atoms with Gasteiger partial charge in [-0.3, -0.25) is 9.69 Å². The minimum atomic E-state index is -0.363. The molecule has 0 saturated carbocycles. The fraction of sp³-hybridized carbons (Fsp3) is 0.594. The van der Waals surface area contributed by atoms with Gasteiger partial charge in [0.15, 0.2) is 11.5 Å². The number of nitrogens with zero attached hydrogens (tertiary/aromatic N) is 3. The summed E-state index contributed by atoms with van der Waals surface area (Å²) in [5, 5.41) is 10.1. The average molecular weight is 570 g/mol. The second-order valence-electron chi connectivity index (χ2n) is 11.8. The summed E-state index contributed by atoms with van der Waals surface area (Å²) in [5.41, 5.74) is 2.58. The third kappa shape index (κ3) is 8.05. The molecular formula is C32H47N3O6. The highest BCUT2D eigenvalue weighted by Crippen LogP contribution is 2.33. The third-order valence-corrected chi connectivity index (χ3v) is 7.93. The van der Waals surface area contributed by atoms with Crippen LogP contribution in [0.15, 0.2) is 36.4 Å². The van der Waals surface area contributed by atoms with Gasteiger partial charge in [-0.05, 0) is 76.1 Å². The van der Waals surface area contributed by atoms with Crippen LogP contribution in [-0.2, 0) is 11.3 Å². The number of aliphatic hydroxyl groups is 1. The molecule has 1 N–H and O–H groups in total. The summed E-state index contributed by atoms with van der Waals surface area (Å²) in [5.74, 6) is 2.02. The quantitative estimate of drug-likeness (QED) is 0.525. The monoisotopic (exact) mass is 569 g/mol. The van der Waals surface area contributed by atoms with E-state index >= 15 is 0 Å². The SMILES string of the molecule is C[C@@H]1CN([C@@H](C)CO)C(=O)c2cc(N(C)C)ccc2O[C@@H](C)CCCCO[C@H]1CN(C)Cc1ccc2c(c1)OCO2. The van der Waals surface area contributed by atoms with Crippen molar-refractivity contribution in [1.29, 1.82) is 0 Å². The molecule has 0 bridgehead atoms. The largest absolute Gasteiger partial charge is 0.490 e. The normalized spacial score (nSPS) is 22.6. The highest BCUT2D eigenvalue weighted by Gasteiger charge is 2.30. The molecule has 41 heavy (non-hydrogen) atoms. The number of hydrogen-bond donors (Lipinski definition) is 1. The average Bonchev–Trinajstić information content (AvgIpc) is 3.42. The first-order chi connectivity index (χ1) is 19.7. The minimum Gasteiger partial charge on any atom is -0.490 e. The predicted octanol–water partition coefficient (Wildman–Crippen LogP) is 4.41. The zero-order valence-electron chi connectivity index (χ0n) is 25.5.